The number of aryl methyl sites for hydroxylation is 1. The molecule has 0 bridgehead atoms. The topological polar surface area (TPSA) is 75.6 Å². The molecule has 0 spiro atoms. The number of amides is 1. The molecule has 0 aliphatic rings. The first kappa shape index (κ1) is 47.8. The Balaban J connectivity index is 2.17. The van der Waals surface area contributed by atoms with E-state index >= 15 is 0 Å². The van der Waals surface area contributed by atoms with Crippen LogP contribution in [-0.2, 0) is 35.2 Å². The molecule has 2 aromatic carbocycles. The largest absolute Gasteiger partial charge is 0.480 e. The van der Waals surface area contributed by atoms with Gasteiger partial charge in [-0.2, -0.15) is 96.6 Å². The lowest BCUT2D eigenvalue weighted by Crippen LogP contribution is -2.75. The molecule has 0 saturated carbocycles. The van der Waals surface area contributed by atoms with Crippen molar-refractivity contribution in [2.75, 3.05) is 0 Å². The SMILES string of the molecule is O=C(N[C@@H](Cc1cccc(C(F)(F)F)c1)C(=O)O)OCc1ccc(CCC(F)(F)C(F)(F)C(F)(F)C(F)(F)C(F)(F)C(F)(F)C(F)(F)C(F)(F)C(F)(F)F)cc1. The number of hydrogen-bond acceptors (Lipinski definition) is 3. The van der Waals surface area contributed by atoms with Crippen LogP contribution in [0.4, 0.5) is 101 Å². The van der Waals surface area contributed by atoms with Crippen LogP contribution in [0.3, 0.4) is 0 Å². The molecule has 318 valence electrons. The highest BCUT2D eigenvalue weighted by atomic mass is 19.4. The average Bonchev–Trinajstić information content (AvgIpc) is 3.05. The summed E-state index contributed by atoms with van der Waals surface area (Å²) >= 11 is 0. The molecule has 56 heavy (non-hydrogen) atoms. The number of halogens is 22. The zero-order chi connectivity index (χ0) is 43.9. The van der Waals surface area contributed by atoms with Gasteiger partial charge in [0.05, 0.1) is 5.56 Å². The quantitative estimate of drug-likeness (QED) is 0.165. The van der Waals surface area contributed by atoms with Gasteiger partial charge in [0.1, 0.15) is 12.6 Å². The summed E-state index contributed by atoms with van der Waals surface area (Å²) in [6, 6.07) is 4.34. The standard InChI is InChI=1S/C29H19F22NO4/c30-20(31,22(35,36)23(37,38)24(39,40)25(41,42)26(43,44)27(45,46)28(47,48)29(49,50)51)9-8-13-4-6-14(7-5-13)12-56-19(55)52-17(18(53)54)11-15-2-1-3-16(10-15)21(32,33)34/h1-7,10,17H,8-9,11-12H2,(H,52,55)(H,53,54)/t17-/m0/s1. The van der Waals surface area contributed by atoms with Gasteiger partial charge in [0, 0.05) is 12.8 Å². The van der Waals surface area contributed by atoms with Gasteiger partial charge in [-0.25, -0.2) is 9.59 Å². The second kappa shape index (κ2) is 15.2. The van der Waals surface area contributed by atoms with E-state index in [1.165, 1.54) is 0 Å². The minimum atomic E-state index is -9.02. The Bertz CT molecular complexity index is 1700. The van der Waals surface area contributed by atoms with Crippen molar-refractivity contribution in [1.82, 2.24) is 5.32 Å². The fraction of sp³-hybridized carbons (Fsp3) is 0.517. The number of carboxylic acid groups (broad SMARTS) is 1. The fourth-order valence-electron chi connectivity index (χ4n) is 4.30. The highest BCUT2D eigenvalue weighted by molar-refractivity contribution is 5.80. The number of aliphatic carboxylic acids is 1. The lowest BCUT2D eigenvalue weighted by molar-refractivity contribution is -0.468. The molecule has 0 fully saturated rings. The fourth-order valence-corrected chi connectivity index (χ4v) is 4.30. The third kappa shape index (κ3) is 8.63. The van der Waals surface area contributed by atoms with Gasteiger partial charge < -0.3 is 15.2 Å². The van der Waals surface area contributed by atoms with Gasteiger partial charge in [0.15, 0.2) is 0 Å². The normalized spacial score (nSPS) is 15.0. The van der Waals surface area contributed by atoms with E-state index in [0.717, 1.165) is 24.3 Å². The molecule has 2 rings (SSSR count). The van der Waals surface area contributed by atoms with E-state index in [1.807, 2.05) is 0 Å². The molecule has 0 heterocycles. The van der Waals surface area contributed by atoms with Crippen LogP contribution < -0.4 is 5.32 Å². The van der Waals surface area contributed by atoms with Crippen LogP contribution in [0, 0.1) is 0 Å². The minimum Gasteiger partial charge on any atom is -0.480 e. The van der Waals surface area contributed by atoms with Crippen LogP contribution in [0.15, 0.2) is 48.5 Å². The van der Waals surface area contributed by atoms with Crippen LogP contribution in [0.1, 0.15) is 28.7 Å². The lowest BCUT2D eigenvalue weighted by Gasteiger charge is -2.43. The second-order valence-corrected chi connectivity index (χ2v) is 11.6. The number of carbonyl (C=O) groups is 2. The molecule has 0 unspecified atom stereocenters. The summed E-state index contributed by atoms with van der Waals surface area (Å²) in [5.74, 6) is -69.1. The van der Waals surface area contributed by atoms with E-state index in [1.54, 1.807) is 5.32 Å². The summed E-state index contributed by atoms with van der Waals surface area (Å²) in [7, 11) is 0. The molecule has 1 amide bonds. The number of alkyl carbamates (subject to hydrolysis) is 1. The molecule has 0 aromatic heterocycles. The molecule has 0 aliphatic heterocycles. The first-order chi connectivity index (χ1) is 24.8. The number of carboxylic acids is 1. The molecule has 0 saturated heterocycles. The number of benzene rings is 2. The zero-order valence-electron chi connectivity index (χ0n) is 26.5. The maximum absolute atomic E-state index is 14.3. The highest BCUT2D eigenvalue weighted by Crippen LogP contribution is 2.65. The summed E-state index contributed by atoms with van der Waals surface area (Å²) < 4.78 is 300. The Morgan fingerprint density at radius 3 is 1.43 bits per heavy atom. The summed E-state index contributed by atoms with van der Waals surface area (Å²) in [5.41, 5.74) is -2.14. The van der Waals surface area contributed by atoms with Crippen LogP contribution in [0.25, 0.3) is 0 Å². The number of alkyl halides is 22. The van der Waals surface area contributed by atoms with Crippen LogP contribution in [0.2, 0.25) is 0 Å². The van der Waals surface area contributed by atoms with Gasteiger partial charge in [-0.15, -0.1) is 0 Å². The van der Waals surface area contributed by atoms with Crippen molar-refractivity contribution in [3.05, 3.63) is 70.8 Å². The van der Waals surface area contributed by atoms with E-state index in [2.05, 4.69) is 4.74 Å². The Hall–Kier alpha value is -4.36. The number of carbonyl (C=O) groups excluding carboxylic acids is 1. The van der Waals surface area contributed by atoms with Crippen molar-refractivity contribution >= 4 is 12.1 Å². The predicted molar refractivity (Wildman–Crippen MR) is 140 cm³/mol. The molecule has 0 radical (unpaired) electrons. The van der Waals surface area contributed by atoms with Gasteiger partial charge in [-0.3, -0.25) is 0 Å². The number of nitrogens with one attached hydrogen (secondary N) is 1. The Kier molecular flexibility index (Phi) is 13.0. The second-order valence-electron chi connectivity index (χ2n) is 11.6. The first-order valence-corrected chi connectivity index (χ1v) is 14.3. The van der Waals surface area contributed by atoms with Crippen LogP contribution >= 0.6 is 0 Å². The predicted octanol–water partition coefficient (Wildman–Crippen LogP) is 10.2. The van der Waals surface area contributed by atoms with Gasteiger partial charge in [-0.1, -0.05) is 42.5 Å². The summed E-state index contributed by atoms with van der Waals surface area (Å²) in [6.45, 7) is -0.829. The monoisotopic (exact) mass is 863 g/mol. The van der Waals surface area contributed by atoms with Gasteiger partial charge >= 0.3 is 71.8 Å². The number of hydrogen-bond donors (Lipinski definition) is 2. The molecule has 2 N–H and O–H groups in total. The molecule has 0 aliphatic carbocycles. The van der Waals surface area contributed by atoms with E-state index in [0.29, 0.717) is 24.3 Å². The zero-order valence-corrected chi connectivity index (χ0v) is 26.5. The van der Waals surface area contributed by atoms with E-state index in [9.17, 15) is 111 Å². The van der Waals surface area contributed by atoms with Crippen LogP contribution in [-0.4, -0.2) is 76.8 Å². The molecule has 5 nitrogen and oxygen atoms in total. The first-order valence-electron chi connectivity index (χ1n) is 14.3. The molecule has 1 atom stereocenters. The molecule has 2 aromatic rings. The van der Waals surface area contributed by atoms with Crippen molar-refractivity contribution < 1.29 is 116 Å². The van der Waals surface area contributed by atoms with Crippen molar-refractivity contribution in [2.45, 2.75) is 91.6 Å². The third-order valence-electron chi connectivity index (χ3n) is 7.59. The Morgan fingerprint density at radius 2 is 1.00 bits per heavy atom. The summed E-state index contributed by atoms with van der Waals surface area (Å²) in [5, 5.41) is 11.1. The van der Waals surface area contributed by atoms with Gasteiger partial charge in [0.2, 0.25) is 0 Å². The van der Waals surface area contributed by atoms with Crippen LogP contribution in [0.5, 0.6) is 0 Å². The Labute approximate surface area is 296 Å². The Morgan fingerprint density at radius 1 is 0.571 bits per heavy atom. The van der Waals surface area contributed by atoms with Gasteiger partial charge in [-0.05, 0) is 29.2 Å². The van der Waals surface area contributed by atoms with Crippen molar-refractivity contribution in [3.63, 3.8) is 0 Å². The third-order valence-corrected chi connectivity index (χ3v) is 7.59. The van der Waals surface area contributed by atoms with Crippen molar-refractivity contribution in [2.24, 2.45) is 0 Å². The van der Waals surface area contributed by atoms with Crippen molar-refractivity contribution in [3.8, 4) is 0 Å². The lowest BCUT2D eigenvalue weighted by atomic mass is 9.86. The number of rotatable bonds is 16. The highest BCUT2D eigenvalue weighted by Gasteiger charge is 2.96. The van der Waals surface area contributed by atoms with E-state index in [4.69, 9.17) is 0 Å². The maximum Gasteiger partial charge on any atom is 0.460 e. The summed E-state index contributed by atoms with van der Waals surface area (Å²) in [4.78, 5) is 23.6. The molecule has 27 heteroatoms. The van der Waals surface area contributed by atoms with Crippen molar-refractivity contribution in [1.29, 1.82) is 0 Å². The molecular weight excluding hydrogens is 844 g/mol. The van der Waals surface area contributed by atoms with E-state index in [-0.39, 0.29) is 11.1 Å². The summed E-state index contributed by atoms with van der Waals surface area (Å²) in [6.07, 6.45) is -19.4. The molecular formula is C29H19F22NO4. The van der Waals surface area contributed by atoms with E-state index < -0.39 is 115 Å². The maximum atomic E-state index is 14.3. The number of ether oxygens (including phenoxy) is 1. The van der Waals surface area contributed by atoms with Gasteiger partial charge in [0.25, 0.3) is 0 Å². The average molecular weight is 863 g/mol. The smallest absolute Gasteiger partial charge is 0.460 e. The minimum absolute atomic E-state index is 0.159.